The Labute approximate surface area is 141 Å². The minimum absolute atomic E-state index is 0. The number of carbonyl (C=O) groups is 1. The molecule has 1 aliphatic heterocycles. The number of hydrogen-bond donors (Lipinski definition) is 1. The maximum atomic E-state index is 12.6. The maximum Gasteiger partial charge on any atom is 0.240 e. The van der Waals surface area contributed by atoms with Gasteiger partial charge in [-0.1, -0.05) is 24.3 Å². The number of aryl methyl sites for hydroxylation is 1. The molecule has 3 rings (SSSR count). The van der Waals surface area contributed by atoms with Crippen LogP contribution in [0.3, 0.4) is 0 Å². The van der Waals surface area contributed by atoms with Crippen LogP contribution in [0.25, 0.3) is 0 Å². The number of rotatable bonds is 3. The van der Waals surface area contributed by atoms with Gasteiger partial charge in [-0.3, -0.25) is 4.79 Å². The molecule has 2 heterocycles. The van der Waals surface area contributed by atoms with Crippen LogP contribution in [0.1, 0.15) is 21.6 Å². The lowest BCUT2D eigenvalue weighted by atomic mass is 9.95. The van der Waals surface area contributed by atoms with E-state index in [9.17, 15) is 4.79 Å². The molecule has 0 spiro atoms. The molecular weight excluding hydrogens is 316 g/mol. The summed E-state index contributed by atoms with van der Waals surface area (Å²) in [6.07, 6.45) is 0.781. The van der Waals surface area contributed by atoms with Gasteiger partial charge >= 0.3 is 0 Å². The summed E-state index contributed by atoms with van der Waals surface area (Å²) in [6, 6.07) is 10.3. The average molecular weight is 337 g/mol. The van der Waals surface area contributed by atoms with Crippen molar-refractivity contribution in [2.45, 2.75) is 32.5 Å². The molecule has 1 N–H and O–H groups in total. The van der Waals surface area contributed by atoms with Gasteiger partial charge in [0.15, 0.2) is 0 Å². The highest BCUT2D eigenvalue weighted by molar-refractivity contribution is 7.10. The number of hydrogen-bond acceptors (Lipinski definition) is 3. The largest absolute Gasteiger partial charge is 0.339 e. The minimum Gasteiger partial charge on any atom is -0.339 e. The van der Waals surface area contributed by atoms with E-state index in [0.29, 0.717) is 6.54 Å². The Morgan fingerprint density at radius 1 is 1.32 bits per heavy atom. The molecule has 118 valence electrons. The van der Waals surface area contributed by atoms with Gasteiger partial charge in [0.2, 0.25) is 5.91 Å². The third kappa shape index (κ3) is 3.51. The van der Waals surface area contributed by atoms with Crippen molar-refractivity contribution < 1.29 is 4.79 Å². The monoisotopic (exact) mass is 336 g/mol. The second-order valence-corrected chi connectivity index (χ2v) is 6.63. The molecule has 3 nitrogen and oxygen atoms in total. The van der Waals surface area contributed by atoms with E-state index in [-0.39, 0.29) is 24.4 Å². The number of nitrogens with zero attached hydrogens (tertiary/aromatic N) is 1. The molecule has 0 bridgehead atoms. The lowest BCUT2D eigenvalue weighted by molar-refractivity contribution is -0.132. The van der Waals surface area contributed by atoms with Crippen molar-refractivity contribution in [2.75, 3.05) is 7.05 Å². The Morgan fingerprint density at radius 2 is 2.05 bits per heavy atom. The van der Waals surface area contributed by atoms with E-state index in [4.69, 9.17) is 0 Å². The second-order valence-electron chi connectivity index (χ2n) is 5.63. The molecule has 1 atom stereocenters. The fraction of sp³-hybridized carbons (Fsp3) is 0.353. The maximum absolute atomic E-state index is 12.6. The number of likely N-dealkylation sites (N-methyl/N-ethyl adjacent to an activating group) is 1. The van der Waals surface area contributed by atoms with Gasteiger partial charge in [0.1, 0.15) is 0 Å². The van der Waals surface area contributed by atoms with Crippen molar-refractivity contribution in [3.05, 3.63) is 57.3 Å². The number of halogens is 1. The molecule has 1 aromatic carbocycles. The van der Waals surface area contributed by atoms with Crippen LogP contribution in [0.15, 0.2) is 35.7 Å². The number of benzene rings is 1. The minimum atomic E-state index is -0.106. The average Bonchev–Trinajstić information content (AvgIpc) is 2.91. The summed E-state index contributed by atoms with van der Waals surface area (Å²) in [4.78, 5) is 15.7. The molecular formula is C17H21ClN2OS. The van der Waals surface area contributed by atoms with Crippen molar-refractivity contribution in [2.24, 2.45) is 0 Å². The van der Waals surface area contributed by atoms with Gasteiger partial charge in [0.05, 0.1) is 12.6 Å². The quantitative estimate of drug-likeness (QED) is 0.933. The SMILES string of the molecule is Cc1ccsc1CN(C)C(=O)C1Cc2ccccc2CN1.Cl. The topological polar surface area (TPSA) is 32.3 Å². The van der Waals surface area contributed by atoms with Crippen molar-refractivity contribution >= 4 is 29.7 Å². The highest BCUT2D eigenvalue weighted by Crippen LogP contribution is 2.20. The number of thiophene rings is 1. The van der Waals surface area contributed by atoms with E-state index in [1.54, 1.807) is 11.3 Å². The number of carbonyl (C=O) groups excluding carboxylic acids is 1. The fourth-order valence-corrected chi connectivity index (χ4v) is 3.71. The van der Waals surface area contributed by atoms with Gasteiger partial charge < -0.3 is 10.2 Å². The first-order valence-electron chi connectivity index (χ1n) is 7.23. The van der Waals surface area contributed by atoms with Gasteiger partial charge in [-0.05, 0) is 41.5 Å². The molecule has 0 saturated heterocycles. The molecule has 2 aromatic rings. The van der Waals surface area contributed by atoms with Crippen LogP contribution < -0.4 is 5.32 Å². The number of fused-ring (bicyclic) bond motifs is 1. The fourth-order valence-electron chi connectivity index (χ4n) is 2.75. The van der Waals surface area contributed by atoms with Crippen LogP contribution in [-0.2, 0) is 24.3 Å². The van der Waals surface area contributed by atoms with Crippen LogP contribution in [0, 0.1) is 6.92 Å². The molecule has 0 saturated carbocycles. The van der Waals surface area contributed by atoms with E-state index < -0.39 is 0 Å². The predicted octanol–water partition coefficient (Wildman–Crippen LogP) is 3.15. The highest BCUT2D eigenvalue weighted by Gasteiger charge is 2.26. The summed E-state index contributed by atoms with van der Waals surface area (Å²) in [5, 5.41) is 5.44. The smallest absolute Gasteiger partial charge is 0.240 e. The summed E-state index contributed by atoms with van der Waals surface area (Å²) in [5.74, 6) is 0.178. The molecule has 1 aromatic heterocycles. The predicted molar refractivity (Wildman–Crippen MR) is 93.6 cm³/mol. The molecule has 1 aliphatic rings. The molecule has 1 unspecified atom stereocenters. The summed E-state index contributed by atoms with van der Waals surface area (Å²) >= 11 is 1.72. The summed E-state index contributed by atoms with van der Waals surface area (Å²) < 4.78 is 0. The zero-order valence-electron chi connectivity index (χ0n) is 12.8. The third-order valence-electron chi connectivity index (χ3n) is 4.10. The van der Waals surface area contributed by atoms with Crippen LogP contribution >= 0.6 is 23.7 Å². The Bertz CT molecular complexity index is 656. The molecule has 22 heavy (non-hydrogen) atoms. The zero-order valence-corrected chi connectivity index (χ0v) is 14.5. The van der Waals surface area contributed by atoms with Gasteiger partial charge in [-0.2, -0.15) is 0 Å². The first-order chi connectivity index (χ1) is 10.1. The zero-order chi connectivity index (χ0) is 14.8. The van der Waals surface area contributed by atoms with E-state index in [2.05, 4.69) is 35.8 Å². The highest BCUT2D eigenvalue weighted by atomic mass is 35.5. The van der Waals surface area contributed by atoms with Crippen molar-refractivity contribution in [3.63, 3.8) is 0 Å². The summed E-state index contributed by atoms with van der Waals surface area (Å²) in [5.41, 5.74) is 3.86. The molecule has 1 amide bonds. The van der Waals surface area contributed by atoms with Crippen molar-refractivity contribution in [3.8, 4) is 0 Å². The lowest BCUT2D eigenvalue weighted by Crippen LogP contribution is -2.47. The Kier molecular flexibility index (Phi) is 5.62. The summed E-state index contributed by atoms with van der Waals surface area (Å²) in [6.45, 7) is 3.57. The number of amides is 1. The summed E-state index contributed by atoms with van der Waals surface area (Å²) in [7, 11) is 1.89. The third-order valence-corrected chi connectivity index (χ3v) is 5.11. The van der Waals surface area contributed by atoms with Crippen LogP contribution in [0.5, 0.6) is 0 Å². The number of nitrogens with one attached hydrogen (secondary N) is 1. The molecule has 5 heteroatoms. The van der Waals surface area contributed by atoms with Gasteiger partial charge in [-0.15, -0.1) is 23.7 Å². The Morgan fingerprint density at radius 3 is 2.73 bits per heavy atom. The van der Waals surface area contributed by atoms with E-state index >= 15 is 0 Å². The van der Waals surface area contributed by atoms with Crippen molar-refractivity contribution in [1.29, 1.82) is 0 Å². The lowest BCUT2D eigenvalue weighted by Gasteiger charge is -2.29. The van der Waals surface area contributed by atoms with Crippen LogP contribution in [0.2, 0.25) is 0 Å². The standard InChI is InChI=1S/C17H20N2OS.ClH/c1-12-7-8-21-16(12)11-19(2)17(20)15-9-13-5-3-4-6-14(13)10-18-15;/h3-8,15,18H,9-11H2,1-2H3;1H. The van der Waals surface area contributed by atoms with E-state index in [0.717, 1.165) is 13.0 Å². The van der Waals surface area contributed by atoms with Crippen LogP contribution in [0.4, 0.5) is 0 Å². The second kappa shape index (κ2) is 7.27. The first-order valence-corrected chi connectivity index (χ1v) is 8.11. The molecule has 0 aliphatic carbocycles. The van der Waals surface area contributed by atoms with Crippen molar-refractivity contribution in [1.82, 2.24) is 10.2 Å². The van der Waals surface area contributed by atoms with Gasteiger partial charge in [-0.25, -0.2) is 0 Å². The Hall–Kier alpha value is -1.36. The van der Waals surface area contributed by atoms with Gasteiger partial charge in [0, 0.05) is 18.5 Å². The molecule has 0 fully saturated rings. The van der Waals surface area contributed by atoms with E-state index in [1.807, 2.05) is 24.1 Å². The van der Waals surface area contributed by atoms with E-state index in [1.165, 1.54) is 21.6 Å². The van der Waals surface area contributed by atoms with Crippen LogP contribution in [-0.4, -0.2) is 23.9 Å². The van der Waals surface area contributed by atoms with Gasteiger partial charge in [0.25, 0.3) is 0 Å². The molecule has 0 radical (unpaired) electrons. The first kappa shape index (κ1) is 17.0. The Balaban J connectivity index is 0.00000176. The normalized spacial score (nSPS) is 16.5.